The van der Waals surface area contributed by atoms with Crippen LogP contribution in [-0.2, 0) is 79.8 Å². The number of ether oxygens (including phenoxy) is 9. The van der Waals surface area contributed by atoms with Gasteiger partial charge in [-0.05, 0) is 11.1 Å². The molecule has 2 saturated heterocycles. The third-order valence-electron chi connectivity index (χ3n) is 7.95. The summed E-state index contributed by atoms with van der Waals surface area (Å²) in [4.78, 5) is 61.3. The molecular weight excluding hydrogens is 686 g/mol. The van der Waals surface area contributed by atoms with E-state index in [-0.39, 0.29) is 19.8 Å². The minimum Gasteiger partial charge on any atom is -0.463 e. The standard InChI is InChI=1S/C36H45NO15/c1-20(38)37-29-32(46-17-26-14-10-7-11-15-26)30(27(50-35(29)43)18-44-16-25-12-8-6-9-13-25)52-36-34(49-24(5)42)33(48-23(4)41)31(47-22(3)40)28(51-36)19-45-21(2)39/h6-15,27-36,43H,16-19H2,1-5H3,(H,37,38)/t27-,28-,29+,30-,31+,32-,33+,34-,35+,36+/m1/s1. The molecule has 0 aromatic heterocycles. The van der Waals surface area contributed by atoms with Crippen LogP contribution in [-0.4, -0.2) is 109 Å². The quantitative estimate of drug-likeness (QED) is 0.197. The lowest BCUT2D eigenvalue weighted by Gasteiger charge is -2.49. The Kier molecular flexibility index (Phi) is 15.0. The van der Waals surface area contributed by atoms with E-state index in [0.29, 0.717) is 0 Å². The monoisotopic (exact) mass is 731 g/mol. The molecule has 2 fully saturated rings. The lowest BCUT2D eigenvalue weighted by molar-refractivity contribution is -0.351. The van der Waals surface area contributed by atoms with Crippen molar-refractivity contribution in [2.75, 3.05) is 13.2 Å². The maximum Gasteiger partial charge on any atom is 0.303 e. The van der Waals surface area contributed by atoms with E-state index in [1.807, 2.05) is 60.7 Å². The Bertz CT molecular complexity index is 1490. The predicted octanol–water partition coefficient (Wildman–Crippen LogP) is 1.48. The van der Waals surface area contributed by atoms with Crippen molar-refractivity contribution in [3.63, 3.8) is 0 Å². The van der Waals surface area contributed by atoms with Crippen molar-refractivity contribution < 1.29 is 71.7 Å². The molecule has 2 N–H and O–H groups in total. The average Bonchev–Trinajstić information content (AvgIpc) is 3.08. The molecule has 0 bridgehead atoms. The van der Waals surface area contributed by atoms with E-state index in [1.54, 1.807) is 0 Å². The van der Waals surface area contributed by atoms with E-state index >= 15 is 0 Å². The van der Waals surface area contributed by atoms with Crippen LogP contribution in [0.4, 0.5) is 0 Å². The van der Waals surface area contributed by atoms with Crippen molar-refractivity contribution in [3.05, 3.63) is 71.8 Å². The number of hydrogen-bond acceptors (Lipinski definition) is 15. The van der Waals surface area contributed by atoms with E-state index in [9.17, 15) is 29.1 Å². The molecule has 10 atom stereocenters. The fraction of sp³-hybridized carbons (Fsp3) is 0.528. The van der Waals surface area contributed by atoms with Crippen LogP contribution in [0.2, 0.25) is 0 Å². The van der Waals surface area contributed by atoms with Gasteiger partial charge in [0.1, 0.15) is 37.1 Å². The SMILES string of the molecule is CC(=O)N[C@H]1[C@@H](OCc2ccccc2)[C@H](O[C@@H]2O[C@H](COC(C)=O)[C@H](OC(C)=O)[C@H](OC(C)=O)[C@H]2OC(C)=O)[C@@H](COCc2ccccc2)O[C@@H]1O. The molecule has 4 rings (SSSR count). The van der Waals surface area contributed by atoms with E-state index < -0.39 is 97.7 Å². The molecule has 0 spiro atoms. The summed E-state index contributed by atoms with van der Waals surface area (Å²) in [7, 11) is 0. The number of carbonyl (C=O) groups excluding carboxylic acids is 5. The highest BCUT2D eigenvalue weighted by atomic mass is 16.8. The fourth-order valence-corrected chi connectivity index (χ4v) is 5.89. The van der Waals surface area contributed by atoms with Gasteiger partial charge in [-0.1, -0.05) is 60.7 Å². The highest BCUT2D eigenvalue weighted by Gasteiger charge is 2.56. The van der Waals surface area contributed by atoms with Gasteiger partial charge in [0.2, 0.25) is 5.91 Å². The summed E-state index contributed by atoms with van der Waals surface area (Å²) in [6.07, 6.45) is -12.5. The summed E-state index contributed by atoms with van der Waals surface area (Å²) in [6.45, 7) is 5.24. The minimum atomic E-state index is -1.62. The Balaban J connectivity index is 1.76. The Hall–Kier alpha value is -4.45. The topological polar surface area (TPSA) is 201 Å². The second-order valence-corrected chi connectivity index (χ2v) is 12.2. The van der Waals surface area contributed by atoms with E-state index in [2.05, 4.69) is 5.32 Å². The lowest BCUT2D eigenvalue weighted by Crippen LogP contribution is -2.68. The van der Waals surface area contributed by atoms with Crippen molar-refractivity contribution in [2.24, 2.45) is 0 Å². The van der Waals surface area contributed by atoms with Crippen LogP contribution < -0.4 is 5.32 Å². The summed E-state index contributed by atoms with van der Waals surface area (Å²) >= 11 is 0. The molecule has 0 radical (unpaired) electrons. The normalized spacial score (nSPS) is 28.6. The number of benzene rings is 2. The van der Waals surface area contributed by atoms with Crippen molar-refractivity contribution in [1.29, 1.82) is 0 Å². The van der Waals surface area contributed by atoms with Crippen molar-refractivity contribution >= 4 is 29.8 Å². The van der Waals surface area contributed by atoms with Crippen LogP contribution in [0.25, 0.3) is 0 Å². The van der Waals surface area contributed by atoms with Gasteiger partial charge in [0.15, 0.2) is 30.9 Å². The smallest absolute Gasteiger partial charge is 0.303 e. The zero-order valence-corrected chi connectivity index (χ0v) is 29.5. The molecule has 1 amide bonds. The number of nitrogens with one attached hydrogen (secondary N) is 1. The zero-order valence-electron chi connectivity index (χ0n) is 29.5. The van der Waals surface area contributed by atoms with Crippen LogP contribution >= 0.6 is 0 Å². The average molecular weight is 732 g/mol. The summed E-state index contributed by atoms with van der Waals surface area (Å²) in [5.41, 5.74) is 1.61. The molecule has 52 heavy (non-hydrogen) atoms. The maximum atomic E-state index is 12.5. The van der Waals surface area contributed by atoms with Gasteiger partial charge in [0.25, 0.3) is 0 Å². The summed E-state index contributed by atoms with van der Waals surface area (Å²) in [5, 5.41) is 13.9. The molecule has 2 aromatic rings. The zero-order chi connectivity index (χ0) is 37.8. The van der Waals surface area contributed by atoms with Crippen LogP contribution in [0.5, 0.6) is 0 Å². The Morgan fingerprint density at radius 1 is 0.635 bits per heavy atom. The van der Waals surface area contributed by atoms with Gasteiger partial charge >= 0.3 is 23.9 Å². The third kappa shape index (κ3) is 11.8. The maximum absolute atomic E-state index is 12.5. The number of rotatable bonds is 15. The van der Waals surface area contributed by atoms with Gasteiger partial charge in [0, 0.05) is 34.6 Å². The number of aliphatic hydroxyl groups is 1. The van der Waals surface area contributed by atoms with Crippen LogP contribution in [0.1, 0.15) is 45.7 Å². The minimum absolute atomic E-state index is 0.00430. The Labute approximate surface area is 300 Å². The molecule has 16 nitrogen and oxygen atoms in total. The summed E-state index contributed by atoms with van der Waals surface area (Å²) in [5.74, 6) is -3.64. The first-order chi connectivity index (χ1) is 24.8. The number of hydrogen-bond donors (Lipinski definition) is 2. The number of esters is 4. The fourth-order valence-electron chi connectivity index (χ4n) is 5.89. The first-order valence-electron chi connectivity index (χ1n) is 16.7. The predicted molar refractivity (Wildman–Crippen MR) is 176 cm³/mol. The van der Waals surface area contributed by atoms with E-state index in [4.69, 9.17) is 42.6 Å². The lowest BCUT2D eigenvalue weighted by atomic mass is 9.94. The van der Waals surface area contributed by atoms with E-state index in [1.165, 1.54) is 6.92 Å². The number of amides is 1. The van der Waals surface area contributed by atoms with Gasteiger partial charge in [-0.15, -0.1) is 0 Å². The Morgan fingerprint density at radius 2 is 1.17 bits per heavy atom. The Morgan fingerprint density at radius 3 is 1.73 bits per heavy atom. The van der Waals surface area contributed by atoms with Gasteiger partial charge in [-0.2, -0.15) is 0 Å². The van der Waals surface area contributed by atoms with Crippen molar-refractivity contribution in [2.45, 2.75) is 109 Å². The van der Waals surface area contributed by atoms with E-state index in [0.717, 1.165) is 38.8 Å². The molecule has 2 heterocycles. The van der Waals surface area contributed by atoms with Gasteiger partial charge in [-0.25, -0.2) is 0 Å². The van der Waals surface area contributed by atoms with Crippen LogP contribution in [0, 0.1) is 0 Å². The van der Waals surface area contributed by atoms with Crippen LogP contribution in [0.15, 0.2) is 60.7 Å². The molecule has 0 aliphatic carbocycles. The second-order valence-electron chi connectivity index (χ2n) is 12.2. The summed E-state index contributed by atoms with van der Waals surface area (Å²) in [6, 6.07) is 17.2. The molecule has 284 valence electrons. The number of aliphatic hydroxyl groups excluding tert-OH is 1. The number of carbonyl (C=O) groups is 5. The first kappa shape index (κ1) is 40.3. The molecule has 16 heteroatoms. The molecular formula is C36H45NO15. The van der Waals surface area contributed by atoms with Gasteiger partial charge in [0.05, 0.1) is 19.8 Å². The summed E-state index contributed by atoms with van der Waals surface area (Å²) < 4.78 is 52.9. The molecule has 2 aliphatic rings. The third-order valence-corrected chi connectivity index (χ3v) is 7.95. The molecule has 0 unspecified atom stereocenters. The molecule has 2 aromatic carbocycles. The van der Waals surface area contributed by atoms with Gasteiger partial charge in [-0.3, -0.25) is 24.0 Å². The molecule has 2 aliphatic heterocycles. The molecule has 0 saturated carbocycles. The van der Waals surface area contributed by atoms with Crippen molar-refractivity contribution in [1.82, 2.24) is 5.32 Å². The van der Waals surface area contributed by atoms with Crippen molar-refractivity contribution in [3.8, 4) is 0 Å². The first-order valence-corrected chi connectivity index (χ1v) is 16.7. The van der Waals surface area contributed by atoms with Gasteiger partial charge < -0.3 is 53.1 Å². The second kappa shape index (κ2) is 19.4. The highest BCUT2D eigenvalue weighted by molar-refractivity contribution is 5.73. The largest absolute Gasteiger partial charge is 0.463 e. The van der Waals surface area contributed by atoms with Crippen LogP contribution in [0.3, 0.4) is 0 Å². The highest BCUT2D eigenvalue weighted by Crippen LogP contribution is 2.34.